The fourth-order valence-corrected chi connectivity index (χ4v) is 3.64. The van der Waals surface area contributed by atoms with Gasteiger partial charge in [0.1, 0.15) is 12.6 Å². The Labute approximate surface area is 161 Å². The van der Waals surface area contributed by atoms with Gasteiger partial charge in [-0.3, -0.25) is 9.59 Å². The van der Waals surface area contributed by atoms with Crippen LogP contribution < -0.4 is 0 Å². The Hall–Kier alpha value is -2.02. The van der Waals surface area contributed by atoms with Gasteiger partial charge in [-0.25, -0.2) is 0 Å². The number of nitrogens with zero attached hydrogens (tertiary/aromatic N) is 4. The highest BCUT2D eigenvalue weighted by Crippen LogP contribution is 2.26. The van der Waals surface area contributed by atoms with E-state index in [4.69, 9.17) is 4.74 Å². The summed E-state index contributed by atoms with van der Waals surface area (Å²) < 4.78 is 5.61. The monoisotopic (exact) mass is 374 g/mol. The number of carbonyl (C=O) groups is 2. The summed E-state index contributed by atoms with van der Waals surface area (Å²) in [4.78, 5) is 29.1. The molecule has 0 radical (unpaired) electrons. The average Bonchev–Trinajstić information content (AvgIpc) is 3.07. The highest BCUT2D eigenvalue weighted by Gasteiger charge is 2.26. The van der Waals surface area contributed by atoms with E-state index in [1.807, 2.05) is 24.8 Å². The van der Waals surface area contributed by atoms with Gasteiger partial charge in [0.15, 0.2) is 5.69 Å². The van der Waals surface area contributed by atoms with Crippen LogP contribution in [0.25, 0.3) is 0 Å². The summed E-state index contributed by atoms with van der Waals surface area (Å²) in [6.45, 7) is 6.24. The highest BCUT2D eigenvalue weighted by molar-refractivity contribution is 5.95. The molecular formula is C20H30N4O3. The van der Waals surface area contributed by atoms with E-state index in [9.17, 15) is 9.59 Å². The molecule has 0 bridgehead atoms. The second-order valence-corrected chi connectivity index (χ2v) is 7.67. The Morgan fingerprint density at radius 3 is 2.44 bits per heavy atom. The van der Waals surface area contributed by atoms with Crippen LogP contribution in [0.5, 0.6) is 0 Å². The van der Waals surface area contributed by atoms with E-state index in [-0.39, 0.29) is 36.2 Å². The Morgan fingerprint density at radius 2 is 1.89 bits per heavy atom. The first kappa shape index (κ1) is 19.7. The van der Waals surface area contributed by atoms with Gasteiger partial charge in [0, 0.05) is 25.7 Å². The molecule has 0 aromatic carbocycles. The molecule has 0 spiro atoms. The predicted molar refractivity (Wildman–Crippen MR) is 101 cm³/mol. The fraction of sp³-hybridized carbons (Fsp3) is 0.700. The van der Waals surface area contributed by atoms with E-state index in [1.165, 1.54) is 12.8 Å². The number of likely N-dealkylation sites (tertiary alicyclic amines) is 1. The van der Waals surface area contributed by atoms with Gasteiger partial charge in [-0.15, -0.1) is 5.10 Å². The van der Waals surface area contributed by atoms with Crippen molar-refractivity contribution in [2.24, 2.45) is 0 Å². The number of carbonyl (C=O) groups excluding carboxylic acids is 2. The van der Waals surface area contributed by atoms with E-state index >= 15 is 0 Å². The van der Waals surface area contributed by atoms with Crippen molar-refractivity contribution in [2.75, 3.05) is 26.2 Å². The maximum atomic E-state index is 12.9. The molecule has 1 unspecified atom stereocenters. The first-order chi connectivity index (χ1) is 13.1. The Morgan fingerprint density at radius 1 is 1.15 bits per heavy atom. The molecule has 27 heavy (non-hydrogen) atoms. The van der Waals surface area contributed by atoms with E-state index in [0.29, 0.717) is 0 Å². The van der Waals surface area contributed by atoms with Gasteiger partial charge in [0.05, 0.1) is 5.69 Å². The number of ether oxygens (including phenoxy) is 1. The average molecular weight is 374 g/mol. The summed E-state index contributed by atoms with van der Waals surface area (Å²) in [6.07, 6.45) is 6.35. The van der Waals surface area contributed by atoms with E-state index in [0.717, 1.165) is 51.1 Å². The molecule has 2 fully saturated rings. The lowest BCUT2D eigenvalue weighted by Crippen LogP contribution is -2.46. The largest absolute Gasteiger partial charge is 0.372 e. The summed E-state index contributed by atoms with van der Waals surface area (Å²) in [5.74, 6) is -0.234. The van der Waals surface area contributed by atoms with E-state index in [2.05, 4.69) is 10.2 Å². The van der Waals surface area contributed by atoms with Crippen LogP contribution in [0.4, 0.5) is 0 Å². The third-order valence-corrected chi connectivity index (χ3v) is 5.31. The molecule has 1 atom stereocenters. The zero-order valence-electron chi connectivity index (χ0n) is 16.4. The van der Waals surface area contributed by atoms with Crippen molar-refractivity contribution in [3.05, 3.63) is 23.5 Å². The molecule has 1 aromatic heterocycles. The number of rotatable bonds is 5. The molecule has 2 saturated heterocycles. The number of aromatic nitrogens is 2. The second-order valence-electron chi connectivity index (χ2n) is 7.67. The zero-order chi connectivity index (χ0) is 19.2. The minimum Gasteiger partial charge on any atom is -0.372 e. The zero-order valence-corrected chi connectivity index (χ0v) is 16.4. The standard InChI is InChI=1S/C20H30N4O3/c1-15(2)24(14-19(25)23-11-5-3-4-6-12-23)20(26)17-10-9-16(21-22-17)18-8-7-13-27-18/h9-10,15,18H,3-8,11-14H2,1-2H3. The lowest BCUT2D eigenvalue weighted by molar-refractivity contribution is -0.132. The molecule has 3 heterocycles. The van der Waals surface area contributed by atoms with Gasteiger partial charge in [0.25, 0.3) is 5.91 Å². The van der Waals surface area contributed by atoms with Crippen molar-refractivity contribution in [1.29, 1.82) is 0 Å². The molecule has 2 amide bonds. The van der Waals surface area contributed by atoms with Crippen LogP contribution in [-0.2, 0) is 9.53 Å². The summed E-state index contributed by atoms with van der Waals surface area (Å²) >= 11 is 0. The third kappa shape index (κ3) is 5.03. The van der Waals surface area contributed by atoms with Crippen molar-refractivity contribution in [2.45, 2.75) is 64.5 Å². The van der Waals surface area contributed by atoms with Crippen LogP contribution in [0.1, 0.15) is 74.7 Å². The normalized spacial score (nSPS) is 20.6. The van der Waals surface area contributed by atoms with Gasteiger partial charge in [-0.2, -0.15) is 5.10 Å². The van der Waals surface area contributed by atoms with Crippen molar-refractivity contribution in [1.82, 2.24) is 20.0 Å². The third-order valence-electron chi connectivity index (χ3n) is 5.31. The van der Waals surface area contributed by atoms with Crippen LogP contribution in [0.15, 0.2) is 12.1 Å². The highest BCUT2D eigenvalue weighted by atomic mass is 16.5. The van der Waals surface area contributed by atoms with Crippen LogP contribution in [-0.4, -0.2) is 64.1 Å². The molecule has 7 nitrogen and oxygen atoms in total. The molecule has 2 aliphatic rings. The van der Waals surface area contributed by atoms with Gasteiger partial charge < -0.3 is 14.5 Å². The molecular weight excluding hydrogens is 344 g/mol. The maximum absolute atomic E-state index is 12.9. The molecule has 0 saturated carbocycles. The van der Waals surface area contributed by atoms with Crippen LogP contribution in [0.2, 0.25) is 0 Å². The van der Waals surface area contributed by atoms with Gasteiger partial charge in [-0.05, 0) is 51.7 Å². The molecule has 2 aliphatic heterocycles. The maximum Gasteiger partial charge on any atom is 0.275 e. The van der Waals surface area contributed by atoms with Crippen molar-refractivity contribution in [3.8, 4) is 0 Å². The van der Waals surface area contributed by atoms with Crippen LogP contribution in [0, 0.1) is 0 Å². The molecule has 3 rings (SSSR count). The summed E-state index contributed by atoms with van der Waals surface area (Å²) in [5, 5.41) is 8.30. The Balaban J connectivity index is 1.66. The van der Waals surface area contributed by atoms with Crippen molar-refractivity contribution < 1.29 is 14.3 Å². The van der Waals surface area contributed by atoms with Crippen molar-refractivity contribution >= 4 is 11.8 Å². The number of hydrogen-bond donors (Lipinski definition) is 0. The SMILES string of the molecule is CC(C)N(CC(=O)N1CCCCCC1)C(=O)c1ccc(C2CCCO2)nn1. The lowest BCUT2D eigenvalue weighted by atomic mass is 10.1. The molecule has 148 valence electrons. The van der Waals surface area contributed by atoms with Gasteiger partial charge in [0.2, 0.25) is 5.91 Å². The predicted octanol–water partition coefficient (Wildman–Crippen LogP) is 2.58. The summed E-state index contributed by atoms with van der Waals surface area (Å²) in [6, 6.07) is 3.41. The van der Waals surface area contributed by atoms with Gasteiger partial charge in [-0.1, -0.05) is 12.8 Å². The fourth-order valence-electron chi connectivity index (χ4n) is 3.64. The van der Waals surface area contributed by atoms with Gasteiger partial charge >= 0.3 is 0 Å². The molecule has 1 aromatic rings. The van der Waals surface area contributed by atoms with Crippen LogP contribution in [0.3, 0.4) is 0 Å². The molecule has 0 aliphatic carbocycles. The topological polar surface area (TPSA) is 75.6 Å². The second kappa shape index (κ2) is 9.26. The smallest absolute Gasteiger partial charge is 0.275 e. The Kier molecular flexibility index (Phi) is 6.77. The Bertz CT molecular complexity index is 633. The summed E-state index contributed by atoms with van der Waals surface area (Å²) in [7, 11) is 0. The van der Waals surface area contributed by atoms with Crippen LogP contribution >= 0.6 is 0 Å². The van der Waals surface area contributed by atoms with Crippen molar-refractivity contribution in [3.63, 3.8) is 0 Å². The van der Waals surface area contributed by atoms with E-state index < -0.39 is 0 Å². The quantitative estimate of drug-likeness (QED) is 0.792. The number of amides is 2. The lowest BCUT2D eigenvalue weighted by Gasteiger charge is -2.29. The molecule has 0 N–H and O–H groups in total. The minimum atomic E-state index is -0.250. The molecule has 7 heteroatoms. The summed E-state index contributed by atoms with van der Waals surface area (Å²) in [5.41, 5.74) is 1.04. The number of hydrogen-bond acceptors (Lipinski definition) is 5. The minimum absolute atomic E-state index is 0.0166. The first-order valence-corrected chi connectivity index (χ1v) is 10.1. The van der Waals surface area contributed by atoms with E-state index in [1.54, 1.807) is 11.0 Å². The first-order valence-electron chi connectivity index (χ1n) is 10.1.